The first-order valence-corrected chi connectivity index (χ1v) is 12.1. The van der Waals surface area contributed by atoms with Gasteiger partial charge in [-0.3, -0.25) is 14.7 Å². The van der Waals surface area contributed by atoms with Crippen LogP contribution in [0.3, 0.4) is 0 Å². The molecule has 1 atom stereocenters. The summed E-state index contributed by atoms with van der Waals surface area (Å²) in [5.41, 5.74) is 1.88. The van der Waals surface area contributed by atoms with Gasteiger partial charge in [-0.25, -0.2) is 4.98 Å². The zero-order valence-corrected chi connectivity index (χ0v) is 21.2. The SMILES string of the molecule is Cc1ccc(Cl)cc1NC(=O)CSc1n[nH]c([C@H](NC(=O)c2ccc(Cl)cc2Cl)C(C)C)n1. The number of hydrogen-bond donors (Lipinski definition) is 3. The van der Waals surface area contributed by atoms with E-state index in [9.17, 15) is 9.59 Å². The topological polar surface area (TPSA) is 99.8 Å². The zero-order valence-electron chi connectivity index (χ0n) is 18.1. The maximum Gasteiger partial charge on any atom is 0.253 e. The highest BCUT2D eigenvalue weighted by atomic mass is 35.5. The highest BCUT2D eigenvalue weighted by molar-refractivity contribution is 7.99. The van der Waals surface area contributed by atoms with Crippen molar-refractivity contribution in [2.75, 3.05) is 11.1 Å². The number of anilines is 1. The number of carbonyl (C=O) groups excluding carboxylic acids is 2. The third kappa shape index (κ3) is 6.86. The summed E-state index contributed by atoms with van der Waals surface area (Å²) in [6, 6.07) is 9.56. The predicted molar refractivity (Wildman–Crippen MR) is 133 cm³/mol. The van der Waals surface area contributed by atoms with Gasteiger partial charge >= 0.3 is 0 Å². The van der Waals surface area contributed by atoms with Gasteiger partial charge in [0.25, 0.3) is 5.91 Å². The van der Waals surface area contributed by atoms with Crippen molar-refractivity contribution in [3.63, 3.8) is 0 Å². The number of aromatic nitrogens is 3. The van der Waals surface area contributed by atoms with Crippen LogP contribution in [-0.2, 0) is 4.79 Å². The summed E-state index contributed by atoms with van der Waals surface area (Å²) in [7, 11) is 0. The molecule has 0 aliphatic heterocycles. The van der Waals surface area contributed by atoms with Gasteiger partial charge in [0, 0.05) is 15.7 Å². The molecular weight excluding hydrogens is 505 g/mol. The quantitative estimate of drug-likeness (QED) is 0.316. The Labute approximate surface area is 211 Å². The van der Waals surface area contributed by atoms with Gasteiger partial charge in [0.2, 0.25) is 11.1 Å². The van der Waals surface area contributed by atoms with Crippen molar-refractivity contribution in [3.8, 4) is 0 Å². The summed E-state index contributed by atoms with van der Waals surface area (Å²) in [6.07, 6.45) is 0. The van der Waals surface area contributed by atoms with Gasteiger partial charge in [-0.15, -0.1) is 5.10 Å². The Morgan fingerprint density at radius 3 is 2.48 bits per heavy atom. The van der Waals surface area contributed by atoms with Crippen LogP contribution < -0.4 is 10.6 Å². The van der Waals surface area contributed by atoms with E-state index in [-0.39, 0.29) is 28.5 Å². The molecule has 174 valence electrons. The minimum Gasteiger partial charge on any atom is -0.342 e. The van der Waals surface area contributed by atoms with Gasteiger partial charge in [-0.2, -0.15) is 0 Å². The molecule has 0 spiro atoms. The van der Waals surface area contributed by atoms with Gasteiger partial charge < -0.3 is 10.6 Å². The molecule has 2 amide bonds. The first-order valence-electron chi connectivity index (χ1n) is 10.0. The maximum atomic E-state index is 12.7. The van der Waals surface area contributed by atoms with Crippen LogP contribution in [0, 0.1) is 12.8 Å². The molecule has 11 heteroatoms. The Kier molecular flexibility index (Phi) is 8.64. The molecule has 3 rings (SSSR count). The number of nitrogens with zero attached hydrogens (tertiary/aromatic N) is 2. The van der Waals surface area contributed by atoms with Crippen LogP contribution in [0.4, 0.5) is 5.69 Å². The van der Waals surface area contributed by atoms with Gasteiger partial charge in [-0.05, 0) is 48.7 Å². The van der Waals surface area contributed by atoms with Crippen molar-refractivity contribution in [2.45, 2.75) is 32.0 Å². The zero-order chi connectivity index (χ0) is 24.1. The molecule has 1 heterocycles. The summed E-state index contributed by atoms with van der Waals surface area (Å²) in [5.74, 6) is 0.0551. The van der Waals surface area contributed by atoms with Crippen molar-refractivity contribution < 1.29 is 9.59 Å². The minimum atomic E-state index is -0.436. The number of aryl methyl sites for hydroxylation is 1. The minimum absolute atomic E-state index is 0.0138. The number of rotatable bonds is 8. The fourth-order valence-corrected chi connectivity index (χ4v) is 4.22. The maximum absolute atomic E-state index is 12.7. The third-order valence-corrected chi connectivity index (χ3v) is 6.34. The van der Waals surface area contributed by atoms with Crippen LogP contribution in [0.2, 0.25) is 15.1 Å². The summed E-state index contributed by atoms with van der Waals surface area (Å²) in [6.45, 7) is 5.78. The lowest BCUT2D eigenvalue weighted by atomic mass is 10.0. The van der Waals surface area contributed by atoms with E-state index in [2.05, 4.69) is 25.8 Å². The van der Waals surface area contributed by atoms with Crippen molar-refractivity contribution in [2.24, 2.45) is 5.92 Å². The van der Waals surface area contributed by atoms with Crippen molar-refractivity contribution in [3.05, 3.63) is 68.4 Å². The molecule has 3 N–H and O–H groups in total. The fourth-order valence-electron chi connectivity index (χ4n) is 2.95. The molecule has 3 aromatic rings. The molecule has 0 unspecified atom stereocenters. The molecule has 0 aliphatic carbocycles. The number of halogens is 3. The van der Waals surface area contributed by atoms with Crippen molar-refractivity contribution in [1.82, 2.24) is 20.5 Å². The number of benzene rings is 2. The van der Waals surface area contributed by atoms with Crippen LogP contribution in [-0.4, -0.2) is 32.7 Å². The van der Waals surface area contributed by atoms with E-state index in [4.69, 9.17) is 34.8 Å². The van der Waals surface area contributed by atoms with E-state index in [0.29, 0.717) is 32.3 Å². The Morgan fingerprint density at radius 2 is 1.79 bits per heavy atom. The molecular formula is C22H22Cl3N5O2S. The summed E-state index contributed by atoms with van der Waals surface area (Å²) < 4.78 is 0. The van der Waals surface area contributed by atoms with E-state index < -0.39 is 6.04 Å². The molecule has 0 radical (unpaired) electrons. The van der Waals surface area contributed by atoms with Crippen molar-refractivity contribution in [1.29, 1.82) is 0 Å². The van der Waals surface area contributed by atoms with Gasteiger partial charge in [0.05, 0.1) is 22.4 Å². The number of amides is 2. The van der Waals surface area contributed by atoms with Crippen LogP contribution in [0.5, 0.6) is 0 Å². The van der Waals surface area contributed by atoms with Crippen LogP contribution >= 0.6 is 46.6 Å². The highest BCUT2D eigenvalue weighted by Crippen LogP contribution is 2.25. The molecule has 0 saturated carbocycles. The lowest BCUT2D eigenvalue weighted by molar-refractivity contribution is -0.113. The molecule has 0 bridgehead atoms. The molecule has 7 nitrogen and oxygen atoms in total. The lowest BCUT2D eigenvalue weighted by Crippen LogP contribution is -2.32. The number of thioether (sulfide) groups is 1. The molecule has 0 saturated heterocycles. The largest absolute Gasteiger partial charge is 0.342 e. The van der Waals surface area contributed by atoms with Gasteiger partial charge in [-0.1, -0.05) is 66.5 Å². The van der Waals surface area contributed by atoms with Gasteiger partial charge in [0.15, 0.2) is 0 Å². The number of carbonyl (C=O) groups is 2. The second-order valence-corrected chi connectivity index (χ2v) is 9.84. The number of aromatic amines is 1. The summed E-state index contributed by atoms with van der Waals surface area (Å²) >= 11 is 19.2. The normalized spacial score (nSPS) is 12.0. The van der Waals surface area contributed by atoms with Gasteiger partial charge in [0.1, 0.15) is 5.82 Å². The summed E-state index contributed by atoms with van der Waals surface area (Å²) in [4.78, 5) is 29.5. The first-order chi connectivity index (χ1) is 15.6. The Balaban J connectivity index is 1.63. The summed E-state index contributed by atoms with van der Waals surface area (Å²) in [5, 5.41) is 14.4. The fraction of sp³-hybridized carbons (Fsp3) is 0.273. The van der Waals surface area contributed by atoms with E-state index in [0.717, 1.165) is 5.56 Å². The predicted octanol–water partition coefficient (Wildman–Crippen LogP) is 5.93. The van der Waals surface area contributed by atoms with Crippen molar-refractivity contribution >= 4 is 64.1 Å². The Morgan fingerprint density at radius 1 is 1.09 bits per heavy atom. The number of nitrogens with one attached hydrogen (secondary N) is 3. The second-order valence-electron chi connectivity index (χ2n) is 7.62. The van der Waals surface area contributed by atoms with E-state index in [1.165, 1.54) is 17.8 Å². The third-order valence-electron chi connectivity index (χ3n) is 4.71. The Hall–Kier alpha value is -2.26. The van der Waals surface area contributed by atoms with Crippen LogP contribution in [0.25, 0.3) is 0 Å². The Bertz CT molecular complexity index is 1170. The van der Waals surface area contributed by atoms with E-state index in [1.54, 1.807) is 24.3 Å². The molecule has 2 aromatic carbocycles. The molecule has 0 aliphatic rings. The lowest BCUT2D eigenvalue weighted by Gasteiger charge is -2.20. The van der Waals surface area contributed by atoms with E-state index in [1.807, 2.05) is 26.8 Å². The first kappa shape index (κ1) is 25.4. The second kappa shape index (κ2) is 11.2. The molecule has 1 aromatic heterocycles. The average Bonchev–Trinajstić information content (AvgIpc) is 3.21. The molecule has 33 heavy (non-hydrogen) atoms. The standard InChI is InChI=1S/C22H22Cl3N5O2S/c1-11(2)19(27-21(32)15-7-6-13(23)8-16(15)25)20-28-22(30-29-20)33-10-18(31)26-17-9-14(24)5-4-12(17)3/h4-9,11,19H,10H2,1-3H3,(H,26,31)(H,27,32)(H,28,29,30)/t19-/m1/s1. The monoisotopic (exact) mass is 525 g/mol. The number of H-pyrrole nitrogens is 1. The average molecular weight is 527 g/mol. The van der Waals surface area contributed by atoms with Crippen LogP contribution in [0.15, 0.2) is 41.6 Å². The number of hydrogen-bond acceptors (Lipinski definition) is 5. The highest BCUT2D eigenvalue weighted by Gasteiger charge is 2.24. The van der Waals surface area contributed by atoms with E-state index >= 15 is 0 Å². The molecule has 0 fully saturated rings. The van der Waals surface area contributed by atoms with Crippen LogP contribution in [0.1, 0.15) is 41.6 Å². The smallest absolute Gasteiger partial charge is 0.253 e.